The van der Waals surface area contributed by atoms with Crippen molar-refractivity contribution in [2.45, 2.75) is 38.7 Å². The first-order chi connectivity index (χ1) is 17.8. The third kappa shape index (κ3) is 6.53. The maximum Gasteiger partial charge on any atom is 0.258 e. The molecule has 3 aromatic rings. The first-order valence-electron chi connectivity index (χ1n) is 12.3. The minimum absolute atomic E-state index is 0.0308. The fraction of sp³-hybridized carbons (Fsp3) is 0.423. The maximum absolute atomic E-state index is 12.3. The number of fused-ring (bicyclic) bond motifs is 1. The molecule has 1 heterocycles. The second kappa shape index (κ2) is 11.8. The highest BCUT2D eigenvalue weighted by Gasteiger charge is 2.27. The van der Waals surface area contributed by atoms with Gasteiger partial charge in [-0.3, -0.25) is 0 Å². The van der Waals surface area contributed by atoms with Gasteiger partial charge in [-0.05, 0) is 61.9 Å². The summed E-state index contributed by atoms with van der Waals surface area (Å²) in [4.78, 5) is 4.59. The summed E-state index contributed by atoms with van der Waals surface area (Å²) in [6, 6.07) is 13.2. The van der Waals surface area contributed by atoms with Crippen molar-refractivity contribution in [3.63, 3.8) is 0 Å². The Labute approximate surface area is 216 Å². The molecule has 10 nitrogen and oxygen atoms in total. The van der Waals surface area contributed by atoms with E-state index in [-0.39, 0.29) is 30.9 Å². The van der Waals surface area contributed by atoms with Crippen molar-refractivity contribution in [3.8, 4) is 34.7 Å². The molecular weight excluding hydrogens is 494 g/mol. The largest absolute Gasteiger partial charge is 0.490 e. The first-order valence-corrected chi connectivity index (χ1v) is 13.9. The van der Waals surface area contributed by atoms with Crippen LogP contribution in [0, 0.1) is 11.3 Å². The highest BCUT2D eigenvalue weighted by atomic mass is 32.2. The number of hydrogen-bond donors (Lipinski definition) is 3. The monoisotopic (exact) mass is 525 g/mol. The Balaban J connectivity index is 1.49. The van der Waals surface area contributed by atoms with Crippen LogP contribution in [0.5, 0.6) is 5.75 Å². The molecule has 0 aliphatic heterocycles. The summed E-state index contributed by atoms with van der Waals surface area (Å²) in [5.41, 5.74) is 4.03. The number of nitrogens with zero attached hydrogens (tertiary/aromatic N) is 3. The van der Waals surface area contributed by atoms with Crippen molar-refractivity contribution < 1.29 is 22.8 Å². The van der Waals surface area contributed by atoms with Crippen LogP contribution in [-0.4, -0.2) is 61.8 Å². The molecule has 1 atom stereocenters. The van der Waals surface area contributed by atoms with Gasteiger partial charge in [0, 0.05) is 30.8 Å². The summed E-state index contributed by atoms with van der Waals surface area (Å²) in [5, 5.41) is 25.4. The summed E-state index contributed by atoms with van der Waals surface area (Å²) < 4.78 is 38.6. The van der Waals surface area contributed by atoms with Crippen molar-refractivity contribution in [2.75, 3.05) is 32.0 Å². The zero-order chi connectivity index (χ0) is 26.4. The number of aliphatic hydroxyl groups is 1. The Kier molecular flexibility index (Phi) is 8.56. The van der Waals surface area contributed by atoms with Crippen LogP contribution in [0.1, 0.15) is 42.9 Å². The van der Waals surface area contributed by atoms with E-state index in [2.05, 4.69) is 26.2 Å². The van der Waals surface area contributed by atoms with E-state index in [1.165, 1.54) is 0 Å². The number of aromatic nitrogens is 2. The molecule has 0 radical (unpaired) electrons. The van der Waals surface area contributed by atoms with E-state index < -0.39 is 10.0 Å². The minimum Gasteiger partial charge on any atom is -0.490 e. The van der Waals surface area contributed by atoms with Gasteiger partial charge >= 0.3 is 0 Å². The highest BCUT2D eigenvalue weighted by Crippen LogP contribution is 2.38. The molecule has 2 aromatic carbocycles. The number of nitrogens with one attached hydrogen (secondary N) is 2. The summed E-state index contributed by atoms with van der Waals surface area (Å²) in [5.74, 6) is 1.26. The number of sulfonamides is 1. The molecule has 37 heavy (non-hydrogen) atoms. The van der Waals surface area contributed by atoms with Gasteiger partial charge < -0.3 is 19.7 Å². The smallest absolute Gasteiger partial charge is 0.258 e. The van der Waals surface area contributed by atoms with Gasteiger partial charge in [0.05, 0.1) is 24.0 Å². The first kappa shape index (κ1) is 26.8. The Bertz CT molecular complexity index is 1380. The van der Waals surface area contributed by atoms with Crippen LogP contribution in [0.4, 0.5) is 0 Å². The molecule has 1 aliphatic carbocycles. The molecule has 3 N–H and O–H groups in total. The van der Waals surface area contributed by atoms with Gasteiger partial charge in [-0.25, -0.2) is 13.1 Å². The molecular formula is C26H31N5O5S. The van der Waals surface area contributed by atoms with Gasteiger partial charge in [-0.2, -0.15) is 10.2 Å². The van der Waals surface area contributed by atoms with Crippen LogP contribution in [0.3, 0.4) is 0 Å². The van der Waals surface area contributed by atoms with E-state index in [4.69, 9.17) is 14.4 Å². The predicted octanol–water partition coefficient (Wildman–Crippen LogP) is 2.59. The zero-order valence-electron chi connectivity index (χ0n) is 20.9. The molecule has 0 unspecified atom stereocenters. The van der Waals surface area contributed by atoms with Gasteiger partial charge in [0.25, 0.3) is 5.89 Å². The van der Waals surface area contributed by atoms with Gasteiger partial charge in [-0.15, -0.1) is 0 Å². The standard InChI is InChI=1S/C26H31N5O5S/c1-17(2)35-24-9-7-18(14-20(24)15-27)26-30-25(31-36-26)23-5-3-4-21-19(6-8-22(21)23)16-29-37(33,34)13-11-28-10-12-32/h3-5,7,9,14,17,19,28-29,32H,6,8,10-13,16H2,1-2H3/t19-/m1/s1. The van der Waals surface area contributed by atoms with Crippen molar-refractivity contribution in [2.24, 2.45) is 0 Å². The molecule has 1 aromatic heterocycles. The molecule has 0 fully saturated rings. The Hall–Kier alpha value is -3.30. The molecule has 4 rings (SSSR count). The lowest BCUT2D eigenvalue weighted by Crippen LogP contribution is -2.34. The van der Waals surface area contributed by atoms with E-state index >= 15 is 0 Å². The molecule has 0 bridgehead atoms. The van der Waals surface area contributed by atoms with Crippen LogP contribution < -0.4 is 14.8 Å². The van der Waals surface area contributed by atoms with Crippen LogP contribution in [0.25, 0.3) is 22.8 Å². The normalized spacial score (nSPS) is 15.1. The average molecular weight is 526 g/mol. The Morgan fingerprint density at radius 1 is 1.27 bits per heavy atom. The third-order valence-corrected chi connectivity index (χ3v) is 7.51. The maximum atomic E-state index is 12.3. The van der Waals surface area contributed by atoms with Gasteiger partial charge in [0.15, 0.2) is 0 Å². The lowest BCUT2D eigenvalue weighted by Gasteiger charge is -2.14. The van der Waals surface area contributed by atoms with E-state index in [0.717, 1.165) is 29.5 Å². The molecule has 1 aliphatic rings. The Morgan fingerprint density at radius 2 is 2.11 bits per heavy atom. The summed E-state index contributed by atoms with van der Waals surface area (Å²) >= 11 is 0. The van der Waals surface area contributed by atoms with Crippen LogP contribution in [0.2, 0.25) is 0 Å². The molecule has 11 heteroatoms. The number of hydrogen-bond acceptors (Lipinski definition) is 9. The summed E-state index contributed by atoms with van der Waals surface area (Å²) in [6.45, 7) is 4.73. The van der Waals surface area contributed by atoms with Gasteiger partial charge in [0.2, 0.25) is 15.8 Å². The van der Waals surface area contributed by atoms with E-state index in [9.17, 15) is 13.7 Å². The highest BCUT2D eigenvalue weighted by molar-refractivity contribution is 7.89. The number of aliphatic hydroxyl groups excluding tert-OH is 1. The summed E-state index contributed by atoms with van der Waals surface area (Å²) in [6.07, 6.45) is 1.53. The quantitative estimate of drug-likeness (QED) is 0.303. The van der Waals surface area contributed by atoms with Crippen molar-refractivity contribution in [1.82, 2.24) is 20.2 Å². The minimum atomic E-state index is -3.42. The zero-order valence-corrected chi connectivity index (χ0v) is 21.7. The van der Waals surface area contributed by atoms with Crippen molar-refractivity contribution in [1.29, 1.82) is 5.26 Å². The molecule has 0 amide bonds. The van der Waals surface area contributed by atoms with Gasteiger partial charge in [0.1, 0.15) is 11.8 Å². The van der Waals surface area contributed by atoms with Crippen LogP contribution in [0.15, 0.2) is 40.9 Å². The van der Waals surface area contributed by atoms with E-state index in [1.54, 1.807) is 18.2 Å². The lowest BCUT2D eigenvalue weighted by molar-refractivity contribution is 0.241. The molecule has 196 valence electrons. The summed E-state index contributed by atoms with van der Waals surface area (Å²) in [7, 11) is -3.42. The molecule has 0 saturated carbocycles. The van der Waals surface area contributed by atoms with Gasteiger partial charge in [-0.1, -0.05) is 23.4 Å². The average Bonchev–Trinajstić information content (AvgIpc) is 3.53. The molecule has 0 spiro atoms. The predicted molar refractivity (Wildman–Crippen MR) is 138 cm³/mol. The second-order valence-corrected chi connectivity index (χ2v) is 11.1. The number of nitriles is 1. The second-order valence-electron chi connectivity index (χ2n) is 9.16. The third-order valence-electron chi connectivity index (χ3n) is 6.16. The van der Waals surface area contributed by atoms with E-state index in [1.807, 2.05) is 32.0 Å². The molecule has 0 saturated heterocycles. The number of benzene rings is 2. The number of rotatable bonds is 12. The lowest BCUT2D eigenvalue weighted by atomic mass is 9.98. The Morgan fingerprint density at radius 3 is 2.86 bits per heavy atom. The van der Waals surface area contributed by atoms with Crippen molar-refractivity contribution in [3.05, 3.63) is 53.1 Å². The van der Waals surface area contributed by atoms with Crippen molar-refractivity contribution >= 4 is 10.0 Å². The van der Waals surface area contributed by atoms with E-state index in [0.29, 0.717) is 41.7 Å². The SMILES string of the molecule is CC(C)Oc1ccc(-c2nc(-c3cccc4c3CC[C@@H]4CNS(=O)(=O)CCNCCO)no2)cc1C#N. The van der Waals surface area contributed by atoms with Crippen LogP contribution in [-0.2, 0) is 16.4 Å². The van der Waals surface area contributed by atoms with Crippen LogP contribution >= 0.6 is 0 Å². The fourth-order valence-corrected chi connectivity index (χ4v) is 5.44. The fourth-order valence-electron chi connectivity index (χ4n) is 4.43. The topological polar surface area (TPSA) is 150 Å². The number of ether oxygens (including phenoxy) is 1.